The summed E-state index contributed by atoms with van der Waals surface area (Å²) in [5.74, 6) is -5.85. The van der Waals surface area contributed by atoms with Crippen LogP contribution in [0.4, 0.5) is 4.79 Å². The standard InChI is InChI=1S/C39H63N5O10/c1-13-25(8)30(34(48)52-12)42-31(45)27(14-2)41-35(49)39(15-3,36(50)54-38(9,10)11)44-32(46)28(21-23(4)5)40-33(47)29(24(6)7)43-37(51)53-22-26-19-17-16-18-20-26/h16-20,23-25,27-30H,13-15,21-22H2,1-12H3,(H,40,47)(H,41,49)(H,42,45)(H,43,51)(H,44,46)/t25-,27-,28-,29-,30-,39?/m0/s1. The number of benzene rings is 1. The molecule has 1 aromatic carbocycles. The van der Waals surface area contributed by atoms with Crippen LogP contribution in [0.3, 0.4) is 0 Å². The lowest BCUT2D eigenvalue weighted by molar-refractivity contribution is -0.168. The minimum Gasteiger partial charge on any atom is -0.467 e. The van der Waals surface area contributed by atoms with Gasteiger partial charge in [-0.2, -0.15) is 0 Å². The van der Waals surface area contributed by atoms with E-state index in [2.05, 4.69) is 26.6 Å². The first-order chi connectivity index (χ1) is 25.2. The highest BCUT2D eigenvalue weighted by Crippen LogP contribution is 2.21. The van der Waals surface area contributed by atoms with Crippen LogP contribution in [0.15, 0.2) is 30.3 Å². The molecular weight excluding hydrogens is 698 g/mol. The first-order valence-corrected chi connectivity index (χ1v) is 18.7. The first kappa shape index (κ1) is 47.3. The number of hydrogen-bond donors (Lipinski definition) is 5. The van der Waals surface area contributed by atoms with Crippen LogP contribution < -0.4 is 26.6 Å². The summed E-state index contributed by atoms with van der Waals surface area (Å²) in [6.07, 6.45) is -0.409. The third-order valence-corrected chi connectivity index (χ3v) is 8.77. The summed E-state index contributed by atoms with van der Waals surface area (Å²) >= 11 is 0. The second kappa shape index (κ2) is 21.9. The van der Waals surface area contributed by atoms with E-state index in [9.17, 15) is 33.6 Å². The number of rotatable bonds is 20. The average Bonchev–Trinajstić information content (AvgIpc) is 3.11. The number of esters is 2. The number of carbonyl (C=O) groups excluding carboxylic acids is 7. The minimum absolute atomic E-state index is 0.0202. The van der Waals surface area contributed by atoms with Crippen molar-refractivity contribution in [2.75, 3.05) is 7.11 Å². The summed E-state index contributed by atoms with van der Waals surface area (Å²) in [4.78, 5) is 94.5. The number of alkyl carbamates (subject to hydrolysis) is 1. The zero-order chi connectivity index (χ0) is 41.4. The molecule has 5 N–H and O–H groups in total. The van der Waals surface area contributed by atoms with Gasteiger partial charge in [0.15, 0.2) is 0 Å². The first-order valence-electron chi connectivity index (χ1n) is 18.7. The van der Waals surface area contributed by atoms with Crippen molar-refractivity contribution in [1.82, 2.24) is 26.6 Å². The third kappa shape index (κ3) is 14.6. The van der Waals surface area contributed by atoms with Crippen molar-refractivity contribution in [2.24, 2.45) is 17.8 Å². The fourth-order valence-corrected chi connectivity index (χ4v) is 5.33. The van der Waals surface area contributed by atoms with Crippen molar-refractivity contribution in [3.8, 4) is 0 Å². The van der Waals surface area contributed by atoms with E-state index in [4.69, 9.17) is 14.2 Å². The Morgan fingerprint density at radius 3 is 1.81 bits per heavy atom. The third-order valence-electron chi connectivity index (χ3n) is 8.77. The van der Waals surface area contributed by atoms with Crippen LogP contribution in [0, 0.1) is 17.8 Å². The topological polar surface area (TPSA) is 207 Å². The molecule has 15 heteroatoms. The predicted octanol–water partition coefficient (Wildman–Crippen LogP) is 3.67. The van der Waals surface area contributed by atoms with Crippen molar-refractivity contribution in [3.05, 3.63) is 35.9 Å². The van der Waals surface area contributed by atoms with E-state index in [0.717, 1.165) is 5.56 Å². The highest BCUT2D eigenvalue weighted by Gasteiger charge is 2.50. The summed E-state index contributed by atoms with van der Waals surface area (Å²) < 4.78 is 15.8. The Balaban J connectivity index is 3.43. The molecule has 0 aromatic heterocycles. The van der Waals surface area contributed by atoms with Crippen LogP contribution in [0.1, 0.15) is 107 Å². The highest BCUT2D eigenvalue weighted by molar-refractivity contribution is 6.11. The van der Waals surface area contributed by atoms with E-state index >= 15 is 0 Å². The van der Waals surface area contributed by atoms with Gasteiger partial charge in [0.1, 0.15) is 36.4 Å². The minimum atomic E-state index is -2.34. The van der Waals surface area contributed by atoms with Crippen molar-refractivity contribution in [3.63, 3.8) is 0 Å². The maximum Gasteiger partial charge on any atom is 0.408 e. The Bertz CT molecular complexity index is 1430. The highest BCUT2D eigenvalue weighted by atomic mass is 16.6. The van der Waals surface area contributed by atoms with Gasteiger partial charge in [0.2, 0.25) is 23.3 Å². The molecule has 304 valence electrons. The Hall–Kier alpha value is -4.69. The monoisotopic (exact) mass is 761 g/mol. The molecule has 0 saturated carbocycles. The van der Waals surface area contributed by atoms with Gasteiger partial charge in [-0.15, -0.1) is 0 Å². The summed E-state index contributed by atoms with van der Waals surface area (Å²) in [6.45, 7) is 18.6. The van der Waals surface area contributed by atoms with Crippen molar-refractivity contribution in [1.29, 1.82) is 0 Å². The van der Waals surface area contributed by atoms with E-state index in [1.54, 1.807) is 72.7 Å². The molecule has 0 spiro atoms. The van der Waals surface area contributed by atoms with Gasteiger partial charge in [0.05, 0.1) is 7.11 Å². The Kier molecular flexibility index (Phi) is 19.2. The molecule has 0 aliphatic heterocycles. The molecule has 0 heterocycles. The summed E-state index contributed by atoms with van der Waals surface area (Å²) in [5, 5.41) is 13.1. The molecule has 0 radical (unpaired) electrons. The number of nitrogens with one attached hydrogen (secondary N) is 5. The van der Waals surface area contributed by atoms with Gasteiger partial charge < -0.3 is 40.8 Å². The smallest absolute Gasteiger partial charge is 0.408 e. The number of amides is 5. The normalized spacial score (nSPS) is 15.3. The van der Waals surface area contributed by atoms with Crippen molar-refractivity contribution >= 4 is 41.7 Å². The molecule has 15 nitrogen and oxygen atoms in total. The van der Waals surface area contributed by atoms with Gasteiger partial charge in [-0.1, -0.05) is 92.1 Å². The van der Waals surface area contributed by atoms with Gasteiger partial charge in [0.25, 0.3) is 5.91 Å². The fraction of sp³-hybridized carbons (Fsp3) is 0.667. The maximum absolute atomic E-state index is 14.2. The van der Waals surface area contributed by atoms with E-state index < -0.39 is 82.9 Å². The summed E-state index contributed by atoms with van der Waals surface area (Å²) in [6, 6.07) is 4.43. The number of hydrogen-bond acceptors (Lipinski definition) is 10. The van der Waals surface area contributed by atoms with Crippen LogP contribution in [0.25, 0.3) is 0 Å². The van der Waals surface area contributed by atoms with E-state index in [1.807, 2.05) is 26.8 Å². The lowest BCUT2D eigenvalue weighted by Gasteiger charge is -2.36. The van der Waals surface area contributed by atoms with E-state index in [1.165, 1.54) is 14.0 Å². The predicted molar refractivity (Wildman–Crippen MR) is 202 cm³/mol. The van der Waals surface area contributed by atoms with Crippen molar-refractivity contribution in [2.45, 2.75) is 144 Å². The van der Waals surface area contributed by atoms with E-state index in [-0.39, 0.29) is 37.7 Å². The zero-order valence-corrected chi connectivity index (χ0v) is 34.0. The van der Waals surface area contributed by atoms with Crippen LogP contribution >= 0.6 is 0 Å². The van der Waals surface area contributed by atoms with Crippen LogP contribution in [-0.4, -0.2) is 84.1 Å². The molecule has 6 atom stereocenters. The summed E-state index contributed by atoms with van der Waals surface area (Å²) in [7, 11) is 1.21. The van der Waals surface area contributed by atoms with Crippen LogP contribution in [0.2, 0.25) is 0 Å². The fourth-order valence-electron chi connectivity index (χ4n) is 5.33. The SMILES string of the molecule is CC[C@H](NC(=O)C(CC)(NC(=O)[C@H](CC(C)C)NC(=O)[C@@H](NC(=O)OCc1ccccc1)C(C)C)C(=O)OC(C)(C)C)C(=O)N[C@H](C(=O)OC)[C@@H](C)CC. The lowest BCUT2D eigenvalue weighted by Crippen LogP contribution is -2.69. The lowest BCUT2D eigenvalue weighted by atomic mass is 9.91. The molecule has 1 aromatic rings. The molecule has 1 unspecified atom stereocenters. The quantitative estimate of drug-likeness (QED) is 0.0740. The van der Waals surface area contributed by atoms with Gasteiger partial charge in [0, 0.05) is 0 Å². The molecule has 0 aliphatic carbocycles. The maximum atomic E-state index is 14.2. The molecule has 1 rings (SSSR count). The van der Waals surface area contributed by atoms with Crippen LogP contribution in [-0.2, 0) is 49.6 Å². The van der Waals surface area contributed by atoms with Crippen LogP contribution in [0.5, 0.6) is 0 Å². The van der Waals surface area contributed by atoms with E-state index in [0.29, 0.717) is 6.42 Å². The van der Waals surface area contributed by atoms with Gasteiger partial charge in [-0.05, 0) is 63.4 Å². The molecule has 0 saturated heterocycles. The second-order valence-corrected chi connectivity index (χ2v) is 15.2. The Morgan fingerprint density at radius 1 is 0.722 bits per heavy atom. The average molecular weight is 762 g/mol. The summed E-state index contributed by atoms with van der Waals surface area (Å²) in [5.41, 5.74) is -2.67. The molecule has 5 amide bonds. The second-order valence-electron chi connectivity index (χ2n) is 15.2. The van der Waals surface area contributed by atoms with Gasteiger partial charge in [-0.25, -0.2) is 14.4 Å². The molecule has 0 aliphatic rings. The Morgan fingerprint density at radius 2 is 1.33 bits per heavy atom. The number of ether oxygens (including phenoxy) is 3. The van der Waals surface area contributed by atoms with Crippen molar-refractivity contribution < 1.29 is 47.8 Å². The molecule has 54 heavy (non-hydrogen) atoms. The molecule has 0 fully saturated rings. The molecular formula is C39H63N5O10. The molecule has 0 bridgehead atoms. The number of methoxy groups -OCH3 is 1. The number of carbonyl (C=O) groups is 7. The largest absolute Gasteiger partial charge is 0.467 e. The van der Waals surface area contributed by atoms with Gasteiger partial charge in [-0.3, -0.25) is 19.2 Å². The Labute approximate surface area is 320 Å². The zero-order valence-electron chi connectivity index (χ0n) is 34.0. The van der Waals surface area contributed by atoms with Gasteiger partial charge >= 0.3 is 18.0 Å².